The summed E-state index contributed by atoms with van der Waals surface area (Å²) in [6.07, 6.45) is 0. The Hall–Kier alpha value is -1.76. The molecule has 19 heavy (non-hydrogen) atoms. The summed E-state index contributed by atoms with van der Waals surface area (Å²) < 4.78 is 26.3. The predicted octanol–water partition coefficient (Wildman–Crippen LogP) is 1.28. The fraction of sp³-hybridized carbons (Fsp3) is 0.417. The molecule has 0 aromatic heterocycles. The molecule has 0 radical (unpaired) electrons. The highest BCUT2D eigenvalue weighted by Gasteiger charge is 2.23. The van der Waals surface area contributed by atoms with Crippen molar-refractivity contribution in [3.63, 3.8) is 0 Å². The van der Waals surface area contributed by atoms with Crippen LogP contribution in [0, 0.1) is 13.8 Å². The fourth-order valence-electron chi connectivity index (χ4n) is 1.63. The lowest BCUT2D eigenvalue weighted by atomic mass is 10.1. The summed E-state index contributed by atoms with van der Waals surface area (Å²) in [5.74, 6) is 0. The zero-order valence-corrected chi connectivity index (χ0v) is 12.3. The number of rotatable bonds is 3. The van der Waals surface area contributed by atoms with Crippen molar-refractivity contribution in [2.24, 2.45) is 0 Å². The van der Waals surface area contributed by atoms with Crippen LogP contribution in [-0.4, -0.2) is 20.5 Å². The number of carbonyl (C=O) groups is 1. The number of carbonyl (C=O) groups excluding carboxylic acids is 1. The lowest BCUT2D eigenvalue weighted by Crippen LogP contribution is -2.42. The summed E-state index contributed by atoms with van der Waals surface area (Å²) in [6.45, 7) is 6.90. The third kappa shape index (κ3) is 3.60. The van der Waals surface area contributed by atoms with Crippen LogP contribution in [0.1, 0.15) is 25.0 Å². The summed E-state index contributed by atoms with van der Waals surface area (Å²) in [5.41, 5.74) is 7.14. The van der Waals surface area contributed by atoms with Gasteiger partial charge in [-0.05, 0) is 44.9 Å². The molecule has 0 fully saturated rings. The van der Waals surface area contributed by atoms with Gasteiger partial charge in [0.1, 0.15) is 4.90 Å². The molecule has 7 heteroatoms. The number of nitrogens with one attached hydrogen (secondary N) is 2. The predicted molar refractivity (Wildman–Crippen MR) is 74.3 cm³/mol. The highest BCUT2D eigenvalue weighted by Crippen LogP contribution is 2.24. The van der Waals surface area contributed by atoms with E-state index in [-0.39, 0.29) is 16.6 Å². The molecule has 0 heterocycles. The van der Waals surface area contributed by atoms with Crippen molar-refractivity contribution in [2.45, 2.75) is 38.6 Å². The first-order valence-corrected chi connectivity index (χ1v) is 7.32. The van der Waals surface area contributed by atoms with Gasteiger partial charge in [-0.15, -0.1) is 0 Å². The van der Waals surface area contributed by atoms with E-state index in [1.54, 1.807) is 33.8 Å². The van der Waals surface area contributed by atoms with Crippen LogP contribution in [-0.2, 0) is 10.0 Å². The Morgan fingerprint density at radius 3 is 2.37 bits per heavy atom. The molecule has 0 aliphatic rings. The number of hydrogen-bond donors (Lipinski definition) is 3. The van der Waals surface area contributed by atoms with E-state index in [1.807, 2.05) is 4.72 Å². The Bertz CT molecular complexity index is 594. The van der Waals surface area contributed by atoms with Crippen molar-refractivity contribution in [1.82, 2.24) is 10.0 Å². The zero-order valence-electron chi connectivity index (χ0n) is 11.4. The average molecular weight is 285 g/mol. The molecule has 0 saturated heterocycles. The van der Waals surface area contributed by atoms with Crippen LogP contribution in [0.2, 0.25) is 0 Å². The van der Waals surface area contributed by atoms with Gasteiger partial charge < -0.3 is 11.1 Å². The number of anilines is 1. The Balaban J connectivity index is 3.15. The van der Waals surface area contributed by atoms with E-state index in [0.29, 0.717) is 5.56 Å². The maximum atomic E-state index is 12.2. The van der Waals surface area contributed by atoms with Crippen LogP contribution in [0.25, 0.3) is 0 Å². The molecule has 106 valence electrons. The molecule has 0 bridgehead atoms. The SMILES string of the molecule is Cc1ccc(N)c(S(=O)(=O)NC(=O)NC(C)C)c1C. The van der Waals surface area contributed by atoms with E-state index in [2.05, 4.69) is 5.32 Å². The molecule has 1 aromatic rings. The standard InChI is InChI=1S/C12H19N3O3S/c1-7(2)14-12(16)15-19(17,18)11-9(4)8(3)5-6-10(11)13/h5-7H,13H2,1-4H3,(H2,14,15,16). The summed E-state index contributed by atoms with van der Waals surface area (Å²) in [7, 11) is -3.98. The van der Waals surface area contributed by atoms with Crippen molar-refractivity contribution in [3.8, 4) is 0 Å². The minimum atomic E-state index is -3.98. The van der Waals surface area contributed by atoms with Crippen molar-refractivity contribution in [1.29, 1.82) is 0 Å². The van der Waals surface area contributed by atoms with Crippen molar-refractivity contribution >= 4 is 21.7 Å². The Morgan fingerprint density at radius 2 is 1.84 bits per heavy atom. The maximum absolute atomic E-state index is 12.2. The normalized spacial score (nSPS) is 11.4. The summed E-state index contributed by atoms with van der Waals surface area (Å²) in [5, 5.41) is 2.45. The van der Waals surface area contributed by atoms with Gasteiger partial charge >= 0.3 is 6.03 Å². The van der Waals surface area contributed by atoms with E-state index in [9.17, 15) is 13.2 Å². The van der Waals surface area contributed by atoms with Crippen LogP contribution in [0.15, 0.2) is 17.0 Å². The number of aryl methyl sites for hydroxylation is 1. The van der Waals surface area contributed by atoms with E-state index in [1.165, 1.54) is 6.07 Å². The second-order valence-electron chi connectivity index (χ2n) is 4.66. The van der Waals surface area contributed by atoms with Crippen LogP contribution in [0.5, 0.6) is 0 Å². The van der Waals surface area contributed by atoms with Gasteiger partial charge in [0.15, 0.2) is 0 Å². The van der Waals surface area contributed by atoms with Crippen molar-refractivity contribution < 1.29 is 13.2 Å². The second-order valence-corrected chi connectivity index (χ2v) is 6.28. The quantitative estimate of drug-likeness (QED) is 0.728. The molecule has 1 rings (SSSR count). The Kier molecular flexibility index (Phi) is 4.41. The van der Waals surface area contributed by atoms with Crippen molar-refractivity contribution in [2.75, 3.05) is 5.73 Å². The molecule has 0 aliphatic heterocycles. The third-order valence-corrected chi connectivity index (χ3v) is 4.16. The monoisotopic (exact) mass is 285 g/mol. The summed E-state index contributed by atoms with van der Waals surface area (Å²) >= 11 is 0. The molecule has 6 nitrogen and oxygen atoms in total. The van der Waals surface area contributed by atoms with Gasteiger partial charge in [0, 0.05) is 6.04 Å². The Morgan fingerprint density at radius 1 is 1.26 bits per heavy atom. The van der Waals surface area contributed by atoms with Crippen molar-refractivity contribution in [3.05, 3.63) is 23.3 Å². The van der Waals surface area contributed by atoms with E-state index >= 15 is 0 Å². The molecule has 0 saturated carbocycles. The lowest BCUT2D eigenvalue weighted by molar-refractivity contribution is 0.243. The molecule has 2 amide bonds. The van der Waals surface area contributed by atoms with Gasteiger partial charge in [0.25, 0.3) is 10.0 Å². The molecule has 0 aliphatic carbocycles. The smallest absolute Gasteiger partial charge is 0.328 e. The van der Waals surface area contributed by atoms with Crippen LogP contribution < -0.4 is 15.8 Å². The van der Waals surface area contributed by atoms with Gasteiger partial charge in [0.05, 0.1) is 5.69 Å². The van der Waals surface area contributed by atoms with E-state index < -0.39 is 16.1 Å². The molecule has 0 spiro atoms. The highest BCUT2D eigenvalue weighted by molar-refractivity contribution is 7.90. The summed E-state index contributed by atoms with van der Waals surface area (Å²) in [4.78, 5) is 11.5. The minimum Gasteiger partial charge on any atom is -0.398 e. The highest BCUT2D eigenvalue weighted by atomic mass is 32.2. The lowest BCUT2D eigenvalue weighted by Gasteiger charge is -2.14. The minimum absolute atomic E-state index is 0.0496. The number of benzene rings is 1. The molecular weight excluding hydrogens is 266 g/mol. The fourth-order valence-corrected chi connectivity index (χ4v) is 2.98. The van der Waals surface area contributed by atoms with Gasteiger partial charge in [-0.1, -0.05) is 6.07 Å². The van der Waals surface area contributed by atoms with Gasteiger partial charge in [-0.2, -0.15) is 0 Å². The number of hydrogen-bond acceptors (Lipinski definition) is 4. The molecule has 0 atom stereocenters. The molecular formula is C12H19N3O3S. The number of amides is 2. The van der Waals surface area contributed by atoms with Crippen LogP contribution in [0.3, 0.4) is 0 Å². The second kappa shape index (κ2) is 5.48. The topological polar surface area (TPSA) is 101 Å². The number of nitrogen functional groups attached to an aromatic ring is 1. The first-order valence-electron chi connectivity index (χ1n) is 5.84. The first-order chi connectivity index (χ1) is 8.65. The van der Waals surface area contributed by atoms with E-state index in [4.69, 9.17) is 5.73 Å². The average Bonchev–Trinajstić information content (AvgIpc) is 2.21. The maximum Gasteiger partial charge on any atom is 0.328 e. The summed E-state index contributed by atoms with van der Waals surface area (Å²) in [6, 6.07) is 2.32. The van der Waals surface area contributed by atoms with Crippen LogP contribution >= 0.6 is 0 Å². The van der Waals surface area contributed by atoms with Gasteiger partial charge in [0.2, 0.25) is 0 Å². The third-order valence-electron chi connectivity index (χ3n) is 2.62. The number of nitrogens with two attached hydrogens (primary N) is 1. The molecule has 4 N–H and O–H groups in total. The molecule has 0 unspecified atom stereocenters. The number of sulfonamides is 1. The zero-order chi connectivity index (χ0) is 14.8. The van der Waals surface area contributed by atoms with Gasteiger partial charge in [-0.3, -0.25) is 0 Å². The largest absolute Gasteiger partial charge is 0.398 e. The first kappa shape index (κ1) is 15.3. The van der Waals surface area contributed by atoms with E-state index in [0.717, 1.165) is 5.56 Å². The van der Waals surface area contributed by atoms with Gasteiger partial charge in [-0.25, -0.2) is 17.9 Å². The Labute approximate surface area is 113 Å². The van der Waals surface area contributed by atoms with Crippen LogP contribution in [0.4, 0.5) is 10.5 Å². The number of urea groups is 1. The molecule has 1 aromatic carbocycles.